The molecule has 1 heterocycles. The Labute approximate surface area is 128 Å². The van der Waals surface area contributed by atoms with Crippen LogP contribution < -0.4 is 5.32 Å². The van der Waals surface area contributed by atoms with E-state index in [0.29, 0.717) is 16.4 Å². The monoisotopic (exact) mass is 328 g/mol. The normalized spacial score (nSPS) is 10.4. The summed E-state index contributed by atoms with van der Waals surface area (Å²) in [6.45, 7) is 1.57. The van der Waals surface area contributed by atoms with Crippen molar-refractivity contribution in [3.8, 4) is 0 Å². The summed E-state index contributed by atoms with van der Waals surface area (Å²) in [4.78, 5) is 26.9. The highest BCUT2D eigenvalue weighted by molar-refractivity contribution is 7.13. The molecule has 0 radical (unpaired) electrons. The predicted octanol–water partition coefficient (Wildman–Crippen LogP) is 3.12. The van der Waals surface area contributed by atoms with E-state index in [-0.39, 0.29) is 22.2 Å². The van der Waals surface area contributed by atoms with Gasteiger partial charge in [-0.25, -0.2) is 14.2 Å². The van der Waals surface area contributed by atoms with Crippen LogP contribution in [-0.4, -0.2) is 22.0 Å². The van der Waals surface area contributed by atoms with E-state index in [1.54, 1.807) is 6.92 Å². The van der Waals surface area contributed by atoms with Crippen molar-refractivity contribution in [3.63, 3.8) is 0 Å². The molecule has 0 atom stereocenters. The summed E-state index contributed by atoms with van der Waals surface area (Å²) in [5.74, 6) is -2.03. The van der Waals surface area contributed by atoms with Crippen molar-refractivity contribution < 1.29 is 19.1 Å². The number of thiazole rings is 1. The Morgan fingerprint density at radius 2 is 2.19 bits per heavy atom. The number of rotatable bonds is 4. The van der Waals surface area contributed by atoms with Gasteiger partial charge in [0, 0.05) is 5.69 Å². The first-order valence-corrected chi connectivity index (χ1v) is 7.00. The molecule has 0 fully saturated rings. The molecule has 2 rings (SSSR count). The molecule has 0 saturated heterocycles. The molecule has 0 saturated carbocycles. The molecule has 5 nitrogen and oxygen atoms in total. The van der Waals surface area contributed by atoms with Crippen LogP contribution in [0.15, 0.2) is 18.2 Å². The second-order valence-electron chi connectivity index (χ2n) is 4.18. The zero-order valence-electron chi connectivity index (χ0n) is 10.8. The first kappa shape index (κ1) is 15.4. The zero-order chi connectivity index (χ0) is 15.6. The Bertz CT molecular complexity index is 717. The smallest absolute Gasteiger partial charge is 0.347 e. The molecule has 0 aliphatic heterocycles. The van der Waals surface area contributed by atoms with Crippen molar-refractivity contribution in [2.75, 3.05) is 5.32 Å². The van der Waals surface area contributed by atoms with E-state index in [9.17, 15) is 14.0 Å². The SMILES string of the molecule is Cc1nc(CC(=O)Nc2ccc(F)c(Cl)c2)sc1C(=O)O. The number of benzene rings is 1. The van der Waals surface area contributed by atoms with Gasteiger partial charge in [-0.2, -0.15) is 0 Å². The van der Waals surface area contributed by atoms with Gasteiger partial charge in [-0.05, 0) is 25.1 Å². The Morgan fingerprint density at radius 3 is 2.76 bits per heavy atom. The minimum Gasteiger partial charge on any atom is -0.477 e. The quantitative estimate of drug-likeness (QED) is 0.903. The standard InChI is InChI=1S/C13H10ClFN2O3S/c1-6-12(13(19)20)21-11(16-6)5-10(18)17-7-2-3-9(15)8(14)4-7/h2-4H,5H2,1H3,(H,17,18)(H,19,20). The molecule has 0 aliphatic carbocycles. The third-order valence-corrected chi connectivity index (χ3v) is 3.99. The fourth-order valence-corrected chi connectivity index (χ4v) is 2.73. The van der Waals surface area contributed by atoms with Gasteiger partial charge < -0.3 is 10.4 Å². The van der Waals surface area contributed by atoms with Crippen molar-refractivity contribution in [1.29, 1.82) is 0 Å². The van der Waals surface area contributed by atoms with Gasteiger partial charge >= 0.3 is 5.97 Å². The van der Waals surface area contributed by atoms with Gasteiger partial charge in [0.1, 0.15) is 15.7 Å². The van der Waals surface area contributed by atoms with Crippen molar-refractivity contribution in [1.82, 2.24) is 4.98 Å². The number of nitrogens with zero attached hydrogens (tertiary/aromatic N) is 1. The van der Waals surface area contributed by atoms with E-state index >= 15 is 0 Å². The highest BCUT2D eigenvalue weighted by atomic mass is 35.5. The van der Waals surface area contributed by atoms with Crippen LogP contribution in [0.1, 0.15) is 20.4 Å². The molecular formula is C13H10ClFN2O3S. The number of carboxylic acid groups (broad SMARTS) is 1. The van der Waals surface area contributed by atoms with Gasteiger partial charge in [0.15, 0.2) is 0 Å². The number of carbonyl (C=O) groups is 2. The molecule has 0 unspecified atom stereocenters. The second-order valence-corrected chi connectivity index (χ2v) is 5.67. The molecule has 8 heteroatoms. The van der Waals surface area contributed by atoms with Gasteiger partial charge in [0.05, 0.1) is 17.1 Å². The molecule has 0 bridgehead atoms. The number of carboxylic acids is 1. The number of anilines is 1. The van der Waals surface area contributed by atoms with Crippen LogP contribution in [0, 0.1) is 12.7 Å². The van der Waals surface area contributed by atoms with Crippen LogP contribution in [0.25, 0.3) is 0 Å². The maximum atomic E-state index is 13.0. The molecule has 2 aromatic rings. The van der Waals surface area contributed by atoms with E-state index in [4.69, 9.17) is 16.7 Å². The lowest BCUT2D eigenvalue weighted by atomic mass is 10.3. The first-order chi connectivity index (χ1) is 9.86. The fourth-order valence-electron chi connectivity index (χ4n) is 1.64. The van der Waals surface area contributed by atoms with E-state index in [1.807, 2.05) is 0 Å². The molecule has 1 amide bonds. The van der Waals surface area contributed by atoms with Crippen molar-refractivity contribution in [2.45, 2.75) is 13.3 Å². The number of amides is 1. The topological polar surface area (TPSA) is 79.3 Å². The number of aromatic nitrogens is 1. The Kier molecular flexibility index (Phi) is 4.54. The Hall–Kier alpha value is -1.99. The van der Waals surface area contributed by atoms with E-state index < -0.39 is 11.8 Å². The molecule has 0 spiro atoms. The summed E-state index contributed by atoms with van der Waals surface area (Å²) >= 11 is 6.57. The number of aryl methyl sites for hydroxylation is 1. The highest BCUT2D eigenvalue weighted by Crippen LogP contribution is 2.21. The highest BCUT2D eigenvalue weighted by Gasteiger charge is 2.16. The number of aromatic carboxylic acids is 1. The van der Waals surface area contributed by atoms with E-state index in [2.05, 4.69) is 10.3 Å². The number of hydrogen-bond donors (Lipinski definition) is 2. The van der Waals surface area contributed by atoms with Crippen molar-refractivity contribution in [3.05, 3.63) is 44.6 Å². The second kappa shape index (κ2) is 6.19. The van der Waals surface area contributed by atoms with Crippen molar-refractivity contribution >= 4 is 40.5 Å². The summed E-state index contributed by atoms with van der Waals surface area (Å²) in [5.41, 5.74) is 0.735. The average Bonchev–Trinajstić information content (AvgIpc) is 2.75. The van der Waals surface area contributed by atoms with E-state index in [0.717, 1.165) is 17.4 Å². The Balaban J connectivity index is 2.06. The van der Waals surface area contributed by atoms with Gasteiger partial charge in [-0.15, -0.1) is 11.3 Å². The predicted molar refractivity (Wildman–Crippen MR) is 77.6 cm³/mol. The van der Waals surface area contributed by atoms with Crippen LogP contribution in [0.2, 0.25) is 5.02 Å². The van der Waals surface area contributed by atoms with Crippen LogP contribution in [0.3, 0.4) is 0 Å². The molecule has 1 aromatic carbocycles. The summed E-state index contributed by atoms with van der Waals surface area (Å²) in [6, 6.07) is 3.83. The average molecular weight is 329 g/mol. The molecule has 1 aromatic heterocycles. The lowest BCUT2D eigenvalue weighted by molar-refractivity contribution is -0.115. The minimum atomic E-state index is -1.07. The van der Waals surface area contributed by atoms with E-state index in [1.165, 1.54) is 12.1 Å². The van der Waals surface area contributed by atoms with Crippen LogP contribution in [-0.2, 0) is 11.2 Å². The first-order valence-electron chi connectivity index (χ1n) is 5.81. The molecule has 2 N–H and O–H groups in total. The Morgan fingerprint density at radius 1 is 1.48 bits per heavy atom. The van der Waals surface area contributed by atoms with Gasteiger partial charge in [0.25, 0.3) is 0 Å². The largest absolute Gasteiger partial charge is 0.477 e. The minimum absolute atomic E-state index is 0.0617. The maximum Gasteiger partial charge on any atom is 0.347 e. The van der Waals surface area contributed by atoms with Crippen LogP contribution in [0.5, 0.6) is 0 Å². The molecular weight excluding hydrogens is 319 g/mol. The summed E-state index contributed by atoms with van der Waals surface area (Å²) in [5, 5.41) is 11.8. The third-order valence-electron chi connectivity index (χ3n) is 2.55. The van der Waals surface area contributed by atoms with Crippen molar-refractivity contribution in [2.24, 2.45) is 0 Å². The lowest BCUT2D eigenvalue weighted by Crippen LogP contribution is -2.14. The number of carbonyl (C=O) groups excluding carboxylic acids is 1. The fraction of sp³-hybridized carbons (Fsp3) is 0.154. The third kappa shape index (κ3) is 3.77. The lowest BCUT2D eigenvalue weighted by Gasteiger charge is -2.04. The van der Waals surface area contributed by atoms with Crippen LogP contribution in [0.4, 0.5) is 10.1 Å². The summed E-state index contributed by atoms with van der Waals surface area (Å²) in [7, 11) is 0. The van der Waals surface area contributed by atoms with Gasteiger partial charge in [-0.1, -0.05) is 11.6 Å². The number of nitrogens with one attached hydrogen (secondary N) is 1. The molecule has 0 aliphatic rings. The number of hydrogen-bond acceptors (Lipinski definition) is 4. The van der Waals surface area contributed by atoms with Gasteiger partial charge in [-0.3, -0.25) is 4.79 Å². The molecule has 110 valence electrons. The number of halogens is 2. The zero-order valence-corrected chi connectivity index (χ0v) is 12.4. The van der Waals surface area contributed by atoms with Gasteiger partial charge in [0.2, 0.25) is 5.91 Å². The maximum absolute atomic E-state index is 13.0. The summed E-state index contributed by atoms with van der Waals surface area (Å²) < 4.78 is 13.0. The van der Waals surface area contributed by atoms with Crippen LogP contribution >= 0.6 is 22.9 Å². The molecule has 21 heavy (non-hydrogen) atoms. The summed E-state index contributed by atoms with van der Waals surface area (Å²) in [6.07, 6.45) is -0.0617.